The van der Waals surface area contributed by atoms with E-state index in [-0.39, 0.29) is 0 Å². The van der Waals surface area contributed by atoms with Gasteiger partial charge in [0.25, 0.3) is 0 Å². The molecule has 0 N–H and O–H groups in total. The summed E-state index contributed by atoms with van der Waals surface area (Å²) in [6.45, 7) is 7.48. The summed E-state index contributed by atoms with van der Waals surface area (Å²) in [5.74, 6) is 1.47. The first-order valence-electron chi connectivity index (χ1n) is 5.19. The molecule has 0 saturated carbocycles. The fraction of sp³-hybridized carbons (Fsp3) is 0.727. The molecular weight excluding hydrogens is 196 g/mol. The van der Waals surface area contributed by atoms with Crippen molar-refractivity contribution in [3.05, 3.63) is 17.7 Å². The van der Waals surface area contributed by atoms with E-state index in [9.17, 15) is 0 Å². The first-order valence-corrected chi connectivity index (χ1v) is 5.73. The van der Waals surface area contributed by atoms with Gasteiger partial charge in [0, 0.05) is 18.1 Å². The van der Waals surface area contributed by atoms with Crippen LogP contribution in [0.2, 0.25) is 0 Å². The van der Waals surface area contributed by atoms with Crippen molar-refractivity contribution in [2.45, 2.75) is 40.2 Å². The number of nitrogens with zero attached hydrogens (tertiary/aromatic N) is 2. The van der Waals surface area contributed by atoms with Gasteiger partial charge in [-0.05, 0) is 32.6 Å². The van der Waals surface area contributed by atoms with Crippen molar-refractivity contribution >= 4 is 11.6 Å². The van der Waals surface area contributed by atoms with E-state index in [1.807, 2.05) is 13.3 Å². The zero-order valence-electron chi connectivity index (χ0n) is 9.26. The van der Waals surface area contributed by atoms with E-state index in [0.29, 0.717) is 5.92 Å². The molecule has 1 unspecified atom stereocenters. The van der Waals surface area contributed by atoms with Gasteiger partial charge in [-0.25, -0.2) is 4.98 Å². The third-order valence-electron chi connectivity index (χ3n) is 2.81. The van der Waals surface area contributed by atoms with E-state index in [4.69, 9.17) is 11.6 Å². The number of aromatic nitrogens is 2. The highest BCUT2D eigenvalue weighted by Gasteiger charge is 2.04. The maximum absolute atomic E-state index is 5.69. The molecule has 0 radical (unpaired) electrons. The van der Waals surface area contributed by atoms with Crippen LogP contribution in [0.3, 0.4) is 0 Å². The van der Waals surface area contributed by atoms with Crippen molar-refractivity contribution in [2.24, 2.45) is 5.92 Å². The fourth-order valence-electron chi connectivity index (χ4n) is 1.46. The summed E-state index contributed by atoms with van der Waals surface area (Å²) in [5, 5.41) is 0. The van der Waals surface area contributed by atoms with Crippen LogP contribution in [-0.4, -0.2) is 15.4 Å². The van der Waals surface area contributed by atoms with E-state index < -0.39 is 0 Å². The van der Waals surface area contributed by atoms with E-state index in [0.717, 1.165) is 24.5 Å². The van der Waals surface area contributed by atoms with Gasteiger partial charge in [0.2, 0.25) is 0 Å². The molecular formula is C11H19ClN2. The summed E-state index contributed by atoms with van der Waals surface area (Å²) in [4.78, 5) is 4.28. The zero-order chi connectivity index (χ0) is 10.6. The Bertz CT molecular complexity index is 281. The second-order valence-corrected chi connectivity index (χ2v) is 4.36. The number of aryl methyl sites for hydroxylation is 2. The molecule has 0 aliphatic carbocycles. The highest BCUT2D eigenvalue weighted by Crippen LogP contribution is 2.12. The van der Waals surface area contributed by atoms with Gasteiger partial charge in [-0.2, -0.15) is 0 Å². The first-order chi connectivity index (χ1) is 6.65. The molecule has 0 bridgehead atoms. The van der Waals surface area contributed by atoms with E-state index in [2.05, 4.69) is 23.4 Å². The van der Waals surface area contributed by atoms with Crippen LogP contribution >= 0.6 is 11.6 Å². The molecule has 3 heteroatoms. The highest BCUT2D eigenvalue weighted by atomic mass is 35.5. The van der Waals surface area contributed by atoms with Gasteiger partial charge in [-0.3, -0.25) is 0 Å². The van der Waals surface area contributed by atoms with Crippen molar-refractivity contribution in [3.63, 3.8) is 0 Å². The molecule has 1 aromatic heterocycles. The Morgan fingerprint density at radius 3 is 2.64 bits per heavy atom. The summed E-state index contributed by atoms with van der Waals surface area (Å²) in [5.41, 5.74) is 2.41. The molecule has 0 aliphatic rings. The summed E-state index contributed by atoms with van der Waals surface area (Å²) in [6, 6.07) is 0. The maximum atomic E-state index is 5.69. The lowest BCUT2D eigenvalue weighted by atomic mass is 10.1. The molecule has 0 aromatic carbocycles. The van der Waals surface area contributed by atoms with Crippen molar-refractivity contribution in [2.75, 3.05) is 5.88 Å². The minimum atomic E-state index is 0.703. The number of hydrogen-bond acceptors (Lipinski definition) is 1. The van der Waals surface area contributed by atoms with Gasteiger partial charge in [0.05, 0.1) is 12.0 Å². The third-order valence-corrected chi connectivity index (χ3v) is 3.03. The molecule has 0 fully saturated rings. The Morgan fingerprint density at radius 1 is 1.43 bits per heavy atom. The first kappa shape index (κ1) is 11.6. The van der Waals surface area contributed by atoms with E-state index in [1.54, 1.807) is 0 Å². The summed E-state index contributed by atoms with van der Waals surface area (Å²) in [6.07, 6.45) is 4.22. The Hall–Kier alpha value is -0.500. The minimum Gasteiger partial charge on any atom is -0.335 e. The molecule has 1 atom stereocenters. The Kier molecular flexibility index (Phi) is 4.46. The second-order valence-electron chi connectivity index (χ2n) is 3.98. The average Bonchev–Trinajstić information content (AvgIpc) is 2.46. The van der Waals surface area contributed by atoms with Gasteiger partial charge in [-0.15, -0.1) is 11.6 Å². The van der Waals surface area contributed by atoms with Crippen LogP contribution in [0, 0.1) is 19.8 Å². The number of alkyl halides is 1. The molecule has 80 valence electrons. The SMILES string of the molecule is Cc1ncn(CCC(C)CCCl)c1C. The van der Waals surface area contributed by atoms with E-state index in [1.165, 1.54) is 12.1 Å². The molecule has 0 spiro atoms. The van der Waals surface area contributed by atoms with Crippen molar-refractivity contribution in [1.29, 1.82) is 0 Å². The molecule has 0 amide bonds. The van der Waals surface area contributed by atoms with Crippen LogP contribution in [0.5, 0.6) is 0 Å². The quantitative estimate of drug-likeness (QED) is 0.689. The lowest BCUT2D eigenvalue weighted by Crippen LogP contribution is -2.05. The number of halogens is 1. The summed E-state index contributed by atoms with van der Waals surface area (Å²) >= 11 is 5.69. The lowest BCUT2D eigenvalue weighted by Gasteiger charge is -2.10. The van der Waals surface area contributed by atoms with Gasteiger partial charge in [0.1, 0.15) is 0 Å². The average molecular weight is 215 g/mol. The molecule has 0 saturated heterocycles. The van der Waals surface area contributed by atoms with Crippen LogP contribution < -0.4 is 0 Å². The van der Waals surface area contributed by atoms with E-state index >= 15 is 0 Å². The largest absolute Gasteiger partial charge is 0.335 e. The number of imidazole rings is 1. The van der Waals surface area contributed by atoms with Gasteiger partial charge >= 0.3 is 0 Å². The molecule has 1 rings (SSSR count). The monoisotopic (exact) mass is 214 g/mol. The van der Waals surface area contributed by atoms with Crippen LogP contribution in [-0.2, 0) is 6.54 Å². The van der Waals surface area contributed by atoms with Gasteiger partial charge in [0.15, 0.2) is 0 Å². The molecule has 1 heterocycles. The number of rotatable bonds is 5. The Balaban J connectivity index is 2.41. The van der Waals surface area contributed by atoms with Crippen LogP contribution in [0.15, 0.2) is 6.33 Å². The predicted octanol–water partition coefficient (Wildman–Crippen LogP) is 3.16. The van der Waals surface area contributed by atoms with Crippen molar-refractivity contribution in [3.8, 4) is 0 Å². The minimum absolute atomic E-state index is 0.703. The van der Waals surface area contributed by atoms with Crippen molar-refractivity contribution < 1.29 is 0 Å². The van der Waals surface area contributed by atoms with Crippen LogP contribution in [0.1, 0.15) is 31.2 Å². The Labute approximate surface area is 91.3 Å². The molecule has 0 aliphatic heterocycles. The lowest BCUT2D eigenvalue weighted by molar-refractivity contribution is 0.467. The zero-order valence-corrected chi connectivity index (χ0v) is 10.0. The predicted molar refractivity (Wildman–Crippen MR) is 60.8 cm³/mol. The third kappa shape index (κ3) is 3.02. The van der Waals surface area contributed by atoms with Crippen LogP contribution in [0.25, 0.3) is 0 Å². The number of hydrogen-bond donors (Lipinski definition) is 0. The Morgan fingerprint density at radius 2 is 2.14 bits per heavy atom. The smallest absolute Gasteiger partial charge is 0.0951 e. The maximum Gasteiger partial charge on any atom is 0.0951 e. The second kappa shape index (κ2) is 5.40. The molecule has 1 aromatic rings. The van der Waals surface area contributed by atoms with Crippen LogP contribution in [0.4, 0.5) is 0 Å². The molecule has 2 nitrogen and oxygen atoms in total. The standard InChI is InChI=1S/C11H19ClN2/c1-9(4-6-12)5-7-14-8-13-10(2)11(14)3/h8-9H,4-7H2,1-3H3. The summed E-state index contributed by atoms with van der Waals surface area (Å²) in [7, 11) is 0. The van der Waals surface area contributed by atoms with Gasteiger partial charge in [-0.1, -0.05) is 6.92 Å². The normalized spacial score (nSPS) is 13.1. The van der Waals surface area contributed by atoms with Gasteiger partial charge < -0.3 is 4.57 Å². The topological polar surface area (TPSA) is 17.8 Å². The molecule has 14 heavy (non-hydrogen) atoms. The fourth-order valence-corrected chi connectivity index (χ4v) is 1.83. The summed E-state index contributed by atoms with van der Waals surface area (Å²) < 4.78 is 2.22. The highest BCUT2D eigenvalue weighted by molar-refractivity contribution is 6.17. The van der Waals surface area contributed by atoms with Crippen molar-refractivity contribution in [1.82, 2.24) is 9.55 Å².